The van der Waals surface area contributed by atoms with Crippen LogP contribution in [-0.4, -0.2) is 5.11 Å². The minimum Gasteiger partial charge on any atom is -0.387 e. The van der Waals surface area contributed by atoms with Crippen molar-refractivity contribution >= 4 is 37.4 Å². The van der Waals surface area contributed by atoms with E-state index in [0.717, 1.165) is 25.0 Å². The molecule has 0 aliphatic carbocycles. The first-order chi connectivity index (χ1) is 9.61. The maximum Gasteiger partial charge on any atom is 0.123 e. The summed E-state index contributed by atoms with van der Waals surface area (Å²) in [5.74, 6) is -0.246. The van der Waals surface area contributed by atoms with Gasteiger partial charge in [-0.25, -0.2) is 4.39 Å². The molecule has 1 unspecified atom stereocenters. The van der Waals surface area contributed by atoms with Crippen LogP contribution in [0, 0.1) is 5.82 Å². The van der Waals surface area contributed by atoms with Crippen molar-refractivity contribution in [3.63, 3.8) is 0 Å². The third-order valence-electron chi connectivity index (χ3n) is 3.17. The molecule has 0 aliphatic rings. The third-order valence-corrected chi connectivity index (χ3v) is 4.91. The van der Waals surface area contributed by atoms with Crippen LogP contribution >= 0.6 is 27.3 Å². The minimum absolute atomic E-state index is 0.246. The summed E-state index contributed by atoms with van der Waals surface area (Å²) in [6, 6.07) is 14.5. The normalized spacial score (nSPS) is 12.8. The second kappa shape index (κ2) is 5.64. The number of hydrogen-bond acceptors (Lipinski definition) is 2. The van der Waals surface area contributed by atoms with Crippen LogP contribution in [0.3, 0.4) is 0 Å². The molecule has 0 radical (unpaired) electrons. The van der Waals surface area contributed by atoms with Gasteiger partial charge in [0.25, 0.3) is 0 Å². The average molecular weight is 351 g/mol. The smallest absolute Gasteiger partial charge is 0.123 e. The van der Waals surface area contributed by atoms with E-state index in [4.69, 9.17) is 0 Å². The number of rotatable bonds is 3. The summed E-state index contributed by atoms with van der Waals surface area (Å²) in [7, 11) is 0. The van der Waals surface area contributed by atoms with Gasteiger partial charge >= 0.3 is 0 Å². The number of hydrogen-bond donors (Lipinski definition) is 1. The molecule has 1 atom stereocenters. The van der Waals surface area contributed by atoms with Crippen molar-refractivity contribution in [2.24, 2.45) is 0 Å². The van der Waals surface area contributed by atoms with Gasteiger partial charge in [-0.05, 0) is 47.3 Å². The van der Waals surface area contributed by atoms with Crippen molar-refractivity contribution in [1.82, 2.24) is 0 Å². The van der Waals surface area contributed by atoms with Crippen molar-refractivity contribution in [2.45, 2.75) is 12.5 Å². The maximum atomic E-state index is 13.2. The van der Waals surface area contributed by atoms with Gasteiger partial charge in [0, 0.05) is 20.5 Å². The first-order valence-corrected chi connectivity index (χ1v) is 7.84. The number of aliphatic hydroxyl groups is 1. The third kappa shape index (κ3) is 2.92. The Morgan fingerprint density at radius 3 is 2.60 bits per heavy atom. The summed E-state index contributed by atoms with van der Waals surface area (Å²) in [6.45, 7) is 0. The second-order valence-electron chi connectivity index (χ2n) is 4.68. The Labute approximate surface area is 128 Å². The predicted octanol–water partition coefficient (Wildman–Crippen LogP) is 5.08. The van der Waals surface area contributed by atoms with Crippen molar-refractivity contribution in [1.29, 1.82) is 0 Å². The topological polar surface area (TPSA) is 20.2 Å². The van der Waals surface area contributed by atoms with E-state index in [9.17, 15) is 9.50 Å². The lowest BCUT2D eigenvalue weighted by Gasteiger charge is -2.08. The molecule has 2 aromatic carbocycles. The molecule has 0 aliphatic heterocycles. The molecule has 0 spiro atoms. The minimum atomic E-state index is -0.559. The molecule has 3 aromatic rings. The van der Waals surface area contributed by atoms with Gasteiger partial charge in [-0.1, -0.05) is 28.1 Å². The average Bonchev–Trinajstić information content (AvgIpc) is 2.84. The monoisotopic (exact) mass is 350 g/mol. The molecule has 0 amide bonds. The number of halogens is 2. The molecule has 3 rings (SSSR count). The number of thiophene rings is 1. The molecule has 0 saturated carbocycles. The Morgan fingerprint density at radius 1 is 1.10 bits per heavy atom. The predicted molar refractivity (Wildman–Crippen MR) is 84.6 cm³/mol. The Balaban J connectivity index is 1.84. The Hall–Kier alpha value is -1.23. The molecular formula is C16H12BrFOS. The number of fused-ring (bicyclic) bond motifs is 1. The molecule has 0 saturated heterocycles. The highest BCUT2D eigenvalue weighted by molar-refractivity contribution is 9.10. The Bertz CT molecular complexity index is 736. The highest BCUT2D eigenvalue weighted by atomic mass is 79.9. The largest absolute Gasteiger partial charge is 0.387 e. The van der Waals surface area contributed by atoms with Crippen molar-refractivity contribution in [3.05, 3.63) is 69.3 Å². The van der Waals surface area contributed by atoms with Crippen LogP contribution in [0.1, 0.15) is 16.5 Å². The molecule has 102 valence electrons. The van der Waals surface area contributed by atoms with Crippen molar-refractivity contribution in [2.75, 3.05) is 0 Å². The van der Waals surface area contributed by atoms with Crippen LogP contribution in [0.5, 0.6) is 0 Å². The first-order valence-electron chi connectivity index (χ1n) is 6.23. The summed E-state index contributed by atoms with van der Waals surface area (Å²) in [6.07, 6.45) is -0.000551. The number of benzene rings is 2. The quantitative estimate of drug-likeness (QED) is 0.698. The van der Waals surface area contributed by atoms with E-state index in [0.29, 0.717) is 6.42 Å². The van der Waals surface area contributed by atoms with Gasteiger partial charge in [-0.2, -0.15) is 0 Å². The highest BCUT2D eigenvalue weighted by Gasteiger charge is 2.12. The van der Waals surface area contributed by atoms with Gasteiger partial charge in [0.15, 0.2) is 0 Å². The van der Waals surface area contributed by atoms with Crippen LogP contribution in [-0.2, 0) is 6.42 Å². The fourth-order valence-electron chi connectivity index (χ4n) is 2.14. The summed E-state index contributed by atoms with van der Waals surface area (Å²) >= 11 is 4.90. The first kappa shape index (κ1) is 13.7. The summed E-state index contributed by atoms with van der Waals surface area (Å²) in [5, 5.41) is 11.2. The van der Waals surface area contributed by atoms with E-state index in [1.54, 1.807) is 6.07 Å². The summed E-state index contributed by atoms with van der Waals surface area (Å²) in [4.78, 5) is 0.869. The zero-order valence-corrected chi connectivity index (χ0v) is 12.9. The zero-order valence-electron chi connectivity index (χ0n) is 10.5. The van der Waals surface area contributed by atoms with Crippen LogP contribution in [0.15, 0.2) is 53.0 Å². The van der Waals surface area contributed by atoms with E-state index in [1.165, 1.54) is 23.5 Å². The fourth-order valence-corrected chi connectivity index (χ4v) is 3.44. The van der Waals surface area contributed by atoms with Gasteiger partial charge < -0.3 is 5.11 Å². The van der Waals surface area contributed by atoms with E-state index < -0.39 is 6.10 Å². The van der Waals surface area contributed by atoms with E-state index >= 15 is 0 Å². The van der Waals surface area contributed by atoms with E-state index in [1.807, 2.05) is 30.3 Å². The van der Waals surface area contributed by atoms with Crippen molar-refractivity contribution < 1.29 is 9.50 Å². The second-order valence-corrected chi connectivity index (χ2v) is 6.71. The molecule has 4 heteroatoms. The SMILES string of the molecule is OC(Cc1ccc(Br)cc1)c1cc2cc(F)ccc2s1. The Morgan fingerprint density at radius 2 is 1.85 bits per heavy atom. The molecule has 20 heavy (non-hydrogen) atoms. The Kier molecular flexibility index (Phi) is 3.87. The standard InChI is InChI=1S/C16H12BrFOS/c17-12-3-1-10(2-4-12)7-14(19)16-9-11-8-13(18)5-6-15(11)20-16/h1-6,8-9,14,19H,7H2. The molecule has 1 nitrogen and oxygen atoms in total. The molecular weight excluding hydrogens is 339 g/mol. The molecule has 0 fully saturated rings. The van der Waals surface area contributed by atoms with Crippen LogP contribution < -0.4 is 0 Å². The van der Waals surface area contributed by atoms with Gasteiger partial charge in [-0.15, -0.1) is 11.3 Å². The van der Waals surface area contributed by atoms with Gasteiger partial charge in [0.2, 0.25) is 0 Å². The lowest BCUT2D eigenvalue weighted by atomic mass is 10.1. The molecule has 0 bridgehead atoms. The van der Waals surface area contributed by atoms with Crippen molar-refractivity contribution in [3.8, 4) is 0 Å². The molecule has 1 aromatic heterocycles. The number of aliphatic hydroxyl groups excluding tert-OH is 1. The van der Waals surface area contributed by atoms with Gasteiger partial charge in [0.05, 0.1) is 6.10 Å². The van der Waals surface area contributed by atoms with Gasteiger partial charge in [0.1, 0.15) is 5.82 Å². The highest BCUT2D eigenvalue weighted by Crippen LogP contribution is 2.32. The van der Waals surface area contributed by atoms with E-state index in [-0.39, 0.29) is 5.82 Å². The van der Waals surface area contributed by atoms with Gasteiger partial charge in [-0.3, -0.25) is 0 Å². The lowest BCUT2D eigenvalue weighted by Crippen LogP contribution is -1.99. The van der Waals surface area contributed by atoms with Crippen LogP contribution in [0.25, 0.3) is 10.1 Å². The molecule has 1 heterocycles. The lowest BCUT2D eigenvalue weighted by molar-refractivity contribution is 0.182. The summed E-state index contributed by atoms with van der Waals surface area (Å²) in [5.41, 5.74) is 1.07. The molecule has 1 N–H and O–H groups in total. The fraction of sp³-hybridized carbons (Fsp3) is 0.125. The summed E-state index contributed by atoms with van der Waals surface area (Å²) < 4.78 is 15.2. The van der Waals surface area contributed by atoms with Crippen LogP contribution in [0.2, 0.25) is 0 Å². The maximum absolute atomic E-state index is 13.2. The zero-order chi connectivity index (χ0) is 14.1. The van der Waals surface area contributed by atoms with E-state index in [2.05, 4.69) is 15.9 Å². The van der Waals surface area contributed by atoms with Crippen LogP contribution in [0.4, 0.5) is 4.39 Å².